The third-order valence-electron chi connectivity index (χ3n) is 4.39. The zero-order valence-electron chi connectivity index (χ0n) is 10.4. The van der Waals surface area contributed by atoms with E-state index in [1.54, 1.807) is 11.1 Å². The molecule has 0 aromatic heterocycles. The number of likely N-dealkylation sites (tertiary alicyclic amines) is 1. The number of halogens is 1. The lowest BCUT2D eigenvalue weighted by Gasteiger charge is -2.39. The van der Waals surface area contributed by atoms with Crippen LogP contribution in [0.4, 0.5) is 0 Å². The van der Waals surface area contributed by atoms with E-state index in [0.717, 1.165) is 12.5 Å². The van der Waals surface area contributed by atoms with Crippen molar-refractivity contribution < 1.29 is 0 Å². The average molecular weight is 250 g/mol. The first kappa shape index (κ1) is 11.6. The third kappa shape index (κ3) is 2.23. The molecule has 1 aliphatic heterocycles. The van der Waals surface area contributed by atoms with Gasteiger partial charge in [0, 0.05) is 24.4 Å². The Balaban J connectivity index is 1.59. The van der Waals surface area contributed by atoms with E-state index < -0.39 is 0 Å². The summed E-state index contributed by atoms with van der Waals surface area (Å²) in [5.41, 5.74) is 3.11. The molecule has 1 aromatic rings. The maximum absolute atomic E-state index is 6.37. The number of hydrogen-bond acceptors (Lipinski definition) is 1. The highest BCUT2D eigenvalue weighted by molar-refractivity contribution is 6.21. The van der Waals surface area contributed by atoms with Gasteiger partial charge in [0.15, 0.2) is 0 Å². The standard InChI is InChI=1S/C15H20ClN/c1-11-6-7-17(10-15(11)16)9-13-8-12-4-2-3-5-14(12)13/h2-5,11,13,15H,6-10H2,1H3. The second-order valence-electron chi connectivity index (χ2n) is 5.64. The molecule has 1 aromatic carbocycles. The van der Waals surface area contributed by atoms with Crippen LogP contribution in [0.1, 0.15) is 30.4 Å². The van der Waals surface area contributed by atoms with E-state index in [1.807, 2.05) is 0 Å². The molecule has 0 spiro atoms. The van der Waals surface area contributed by atoms with Crippen LogP contribution in [-0.2, 0) is 6.42 Å². The van der Waals surface area contributed by atoms with Gasteiger partial charge in [-0.2, -0.15) is 0 Å². The van der Waals surface area contributed by atoms with E-state index in [4.69, 9.17) is 11.6 Å². The second kappa shape index (κ2) is 4.62. The lowest BCUT2D eigenvalue weighted by molar-refractivity contribution is 0.181. The van der Waals surface area contributed by atoms with Crippen molar-refractivity contribution >= 4 is 11.6 Å². The van der Waals surface area contributed by atoms with Gasteiger partial charge in [0.25, 0.3) is 0 Å². The molecule has 0 radical (unpaired) electrons. The molecule has 92 valence electrons. The van der Waals surface area contributed by atoms with E-state index in [9.17, 15) is 0 Å². The molecule has 0 saturated carbocycles. The highest BCUT2D eigenvalue weighted by Gasteiger charge is 2.30. The first-order valence-corrected chi connectivity index (χ1v) is 7.12. The van der Waals surface area contributed by atoms with Crippen molar-refractivity contribution in [1.29, 1.82) is 0 Å². The lowest BCUT2D eigenvalue weighted by Crippen LogP contribution is -2.43. The van der Waals surface area contributed by atoms with Gasteiger partial charge in [0.1, 0.15) is 0 Å². The smallest absolute Gasteiger partial charge is 0.0489 e. The van der Waals surface area contributed by atoms with Gasteiger partial charge in [-0.05, 0) is 36.4 Å². The van der Waals surface area contributed by atoms with Crippen molar-refractivity contribution in [2.75, 3.05) is 19.6 Å². The Morgan fingerprint density at radius 2 is 2.18 bits per heavy atom. The highest BCUT2D eigenvalue weighted by Crippen LogP contribution is 2.36. The summed E-state index contributed by atoms with van der Waals surface area (Å²) in [5.74, 6) is 1.44. The normalized spacial score (nSPS) is 32.9. The Morgan fingerprint density at radius 3 is 2.94 bits per heavy atom. The number of nitrogens with zero attached hydrogens (tertiary/aromatic N) is 1. The van der Waals surface area contributed by atoms with Gasteiger partial charge in [0.2, 0.25) is 0 Å². The van der Waals surface area contributed by atoms with Crippen molar-refractivity contribution in [2.45, 2.75) is 31.1 Å². The zero-order valence-corrected chi connectivity index (χ0v) is 11.2. The molecule has 0 bridgehead atoms. The van der Waals surface area contributed by atoms with Crippen LogP contribution < -0.4 is 0 Å². The van der Waals surface area contributed by atoms with Crippen LogP contribution in [0.2, 0.25) is 0 Å². The van der Waals surface area contributed by atoms with E-state index in [1.165, 1.54) is 25.9 Å². The summed E-state index contributed by atoms with van der Waals surface area (Å²) in [4.78, 5) is 2.55. The molecule has 3 atom stereocenters. The molecule has 1 fully saturated rings. The predicted molar refractivity (Wildman–Crippen MR) is 72.7 cm³/mol. The maximum atomic E-state index is 6.37. The quantitative estimate of drug-likeness (QED) is 0.728. The summed E-state index contributed by atoms with van der Waals surface area (Å²) in [6.07, 6.45) is 2.51. The topological polar surface area (TPSA) is 3.24 Å². The zero-order chi connectivity index (χ0) is 11.8. The molecule has 0 N–H and O–H groups in total. The summed E-state index contributed by atoms with van der Waals surface area (Å²) in [6.45, 7) is 5.77. The molecule has 3 unspecified atom stereocenters. The molecule has 17 heavy (non-hydrogen) atoms. The summed E-state index contributed by atoms with van der Waals surface area (Å²) < 4.78 is 0. The van der Waals surface area contributed by atoms with Crippen LogP contribution in [-0.4, -0.2) is 29.9 Å². The van der Waals surface area contributed by atoms with Gasteiger partial charge in [-0.25, -0.2) is 0 Å². The Kier molecular flexibility index (Phi) is 3.14. The molecule has 1 nitrogen and oxygen atoms in total. The summed E-state index contributed by atoms with van der Waals surface area (Å²) in [6, 6.07) is 8.85. The predicted octanol–water partition coefficient (Wildman–Crippen LogP) is 3.28. The molecule has 0 amide bonds. The molecule has 2 aliphatic rings. The molecule has 1 heterocycles. The minimum absolute atomic E-state index is 0.346. The minimum Gasteiger partial charge on any atom is -0.301 e. The number of piperidine rings is 1. The molecule has 1 saturated heterocycles. The van der Waals surface area contributed by atoms with E-state index in [2.05, 4.69) is 36.1 Å². The fraction of sp³-hybridized carbons (Fsp3) is 0.600. The Bertz CT molecular complexity index is 404. The number of alkyl halides is 1. The summed E-state index contributed by atoms with van der Waals surface area (Å²) in [7, 11) is 0. The van der Waals surface area contributed by atoms with Crippen LogP contribution in [0.15, 0.2) is 24.3 Å². The Hall–Kier alpha value is -0.530. The van der Waals surface area contributed by atoms with Crippen LogP contribution in [0.5, 0.6) is 0 Å². The fourth-order valence-electron chi connectivity index (χ4n) is 3.09. The van der Waals surface area contributed by atoms with Crippen LogP contribution in [0, 0.1) is 5.92 Å². The monoisotopic (exact) mass is 249 g/mol. The molecular weight excluding hydrogens is 230 g/mol. The van der Waals surface area contributed by atoms with Crippen molar-refractivity contribution in [2.24, 2.45) is 5.92 Å². The molecule has 3 rings (SSSR count). The van der Waals surface area contributed by atoms with Gasteiger partial charge in [-0.3, -0.25) is 0 Å². The lowest BCUT2D eigenvalue weighted by atomic mass is 9.77. The van der Waals surface area contributed by atoms with Crippen LogP contribution >= 0.6 is 11.6 Å². The minimum atomic E-state index is 0.346. The Morgan fingerprint density at radius 1 is 1.35 bits per heavy atom. The van der Waals surface area contributed by atoms with E-state index in [-0.39, 0.29) is 0 Å². The number of hydrogen-bond donors (Lipinski definition) is 0. The van der Waals surface area contributed by atoms with E-state index in [0.29, 0.717) is 11.3 Å². The summed E-state index contributed by atoms with van der Waals surface area (Å²) >= 11 is 6.37. The van der Waals surface area contributed by atoms with Gasteiger partial charge in [-0.1, -0.05) is 31.2 Å². The number of fused-ring (bicyclic) bond motifs is 1. The number of rotatable bonds is 2. The van der Waals surface area contributed by atoms with Gasteiger partial charge >= 0.3 is 0 Å². The maximum Gasteiger partial charge on any atom is 0.0489 e. The largest absolute Gasteiger partial charge is 0.301 e. The first-order chi connectivity index (χ1) is 8.24. The molecule has 1 aliphatic carbocycles. The second-order valence-corrected chi connectivity index (χ2v) is 6.20. The van der Waals surface area contributed by atoms with Crippen LogP contribution in [0.25, 0.3) is 0 Å². The van der Waals surface area contributed by atoms with E-state index >= 15 is 0 Å². The van der Waals surface area contributed by atoms with Crippen molar-refractivity contribution in [3.63, 3.8) is 0 Å². The SMILES string of the molecule is CC1CCN(CC2Cc3ccccc32)CC1Cl. The Labute approximate surface area is 109 Å². The van der Waals surface area contributed by atoms with Gasteiger partial charge in [-0.15, -0.1) is 11.6 Å². The third-order valence-corrected chi connectivity index (χ3v) is 4.96. The number of benzene rings is 1. The van der Waals surface area contributed by atoms with Crippen molar-refractivity contribution in [3.8, 4) is 0 Å². The van der Waals surface area contributed by atoms with Crippen molar-refractivity contribution in [3.05, 3.63) is 35.4 Å². The molecular formula is C15H20ClN. The van der Waals surface area contributed by atoms with Crippen LogP contribution in [0.3, 0.4) is 0 Å². The van der Waals surface area contributed by atoms with Gasteiger partial charge in [0.05, 0.1) is 0 Å². The fourth-order valence-corrected chi connectivity index (χ4v) is 3.41. The first-order valence-electron chi connectivity index (χ1n) is 6.68. The highest BCUT2D eigenvalue weighted by atomic mass is 35.5. The summed E-state index contributed by atoms with van der Waals surface area (Å²) in [5, 5.41) is 0.346. The average Bonchev–Trinajstić information content (AvgIpc) is 2.31. The van der Waals surface area contributed by atoms with Gasteiger partial charge < -0.3 is 4.90 Å². The molecule has 2 heteroatoms. The van der Waals surface area contributed by atoms with Crippen molar-refractivity contribution in [1.82, 2.24) is 4.90 Å².